The van der Waals surface area contributed by atoms with Crippen molar-refractivity contribution in [3.8, 4) is 0 Å². The maximum Gasteiger partial charge on any atom is 0.154 e. The lowest BCUT2D eigenvalue weighted by Crippen LogP contribution is -2.30. The van der Waals surface area contributed by atoms with E-state index in [1.54, 1.807) is 0 Å². The van der Waals surface area contributed by atoms with Gasteiger partial charge in [-0.1, -0.05) is 24.3 Å². The van der Waals surface area contributed by atoms with Crippen molar-refractivity contribution in [2.24, 2.45) is 0 Å². The van der Waals surface area contributed by atoms with Crippen LogP contribution in [-0.4, -0.2) is 5.78 Å². The van der Waals surface area contributed by atoms with Crippen LogP contribution in [0.15, 0.2) is 24.3 Å². The molecule has 3 rings (SSSR count). The second-order valence-electron chi connectivity index (χ2n) is 3.79. The molecular weight excluding hydrogens is 162 g/mol. The van der Waals surface area contributed by atoms with E-state index < -0.39 is 0 Å². The molecule has 2 nitrogen and oxygen atoms in total. The summed E-state index contributed by atoms with van der Waals surface area (Å²) in [4.78, 5) is 11.6. The molecule has 2 heteroatoms. The Hall–Kier alpha value is -1.15. The minimum absolute atomic E-state index is 0.00468. The van der Waals surface area contributed by atoms with Gasteiger partial charge in [0.1, 0.15) is 0 Å². The van der Waals surface area contributed by atoms with Gasteiger partial charge in [0.05, 0.1) is 6.04 Å². The Bertz CT molecular complexity index is 372. The summed E-state index contributed by atoms with van der Waals surface area (Å²) in [5.74, 6) is 0.348. The summed E-state index contributed by atoms with van der Waals surface area (Å²) in [7, 11) is 0. The maximum atomic E-state index is 11.6. The third-order valence-corrected chi connectivity index (χ3v) is 3.05. The molecule has 0 amide bonds. The summed E-state index contributed by atoms with van der Waals surface area (Å²) in [6, 6.07) is 8.68. The molecular formula is C11H11NO. The monoisotopic (exact) mass is 173 g/mol. The van der Waals surface area contributed by atoms with Gasteiger partial charge < -0.3 is 0 Å². The highest BCUT2D eigenvalue weighted by molar-refractivity contribution is 5.88. The summed E-state index contributed by atoms with van der Waals surface area (Å²) < 4.78 is 0. The normalized spacial score (nSPS) is 30.3. The number of piperidine rings is 1. The van der Waals surface area contributed by atoms with Gasteiger partial charge >= 0.3 is 0 Å². The summed E-state index contributed by atoms with van der Waals surface area (Å²) in [5, 5.41) is 3.36. The van der Waals surface area contributed by atoms with Crippen molar-refractivity contribution in [1.82, 2.24) is 5.32 Å². The van der Waals surface area contributed by atoms with Gasteiger partial charge in [0.25, 0.3) is 0 Å². The van der Waals surface area contributed by atoms with Crippen molar-refractivity contribution >= 4 is 5.78 Å². The lowest BCUT2D eigenvalue weighted by molar-refractivity contribution is -0.122. The van der Waals surface area contributed by atoms with E-state index in [0.29, 0.717) is 11.8 Å². The Morgan fingerprint density at radius 2 is 2.00 bits per heavy atom. The number of rotatable bonds is 0. The van der Waals surface area contributed by atoms with Crippen molar-refractivity contribution in [1.29, 1.82) is 0 Å². The standard InChI is InChI=1S/C11H11NO/c13-10-6-5-9-7-3-1-2-4-8(7)11(10)12-9/h1-4,9,11-12H,5-6H2. The molecule has 0 radical (unpaired) electrons. The number of fused-ring (bicyclic) bond motifs is 5. The number of hydrogen-bond donors (Lipinski definition) is 1. The third kappa shape index (κ3) is 0.893. The fraction of sp³-hybridized carbons (Fsp3) is 0.364. The minimum Gasteiger partial charge on any atom is -0.298 e. The van der Waals surface area contributed by atoms with Gasteiger partial charge in [0.15, 0.2) is 5.78 Å². The van der Waals surface area contributed by atoms with Crippen LogP contribution in [-0.2, 0) is 4.79 Å². The summed E-state index contributed by atoms with van der Waals surface area (Å²) in [5.41, 5.74) is 2.54. The topological polar surface area (TPSA) is 29.1 Å². The molecule has 1 saturated heterocycles. The van der Waals surface area contributed by atoms with Gasteiger partial charge in [-0.15, -0.1) is 0 Å². The Balaban J connectivity index is 2.18. The molecule has 0 aliphatic carbocycles. The van der Waals surface area contributed by atoms with Crippen LogP contribution in [0.4, 0.5) is 0 Å². The zero-order valence-corrected chi connectivity index (χ0v) is 7.29. The first-order chi connectivity index (χ1) is 6.36. The van der Waals surface area contributed by atoms with Crippen molar-refractivity contribution < 1.29 is 4.79 Å². The van der Waals surface area contributed by atoms with Gasteiger partial charge in [0, 0.05) is 12.5 Å². The van der Waals surface area contributed by atoms with Gasteiger partial charge in [-0.05, 0) is 17.5 Å². The summed E-state index contributed by atoms with van der Waals surface area (Å²) >= 11 is 0. The van der Waals surface area contributed by atoms with Crippen molar-refractivity contribution in [3.05, 3.63) is 35.4 Å². The molecule has 0 aromatic heterocycles. The second kappa shape index (κ2) is 2.42. The first kappa shape index (κ1) is 7.27. The molecule has 2 atom stereocenters. The van der Waals surface area contributed by atoms with Crippen LogP contribution in [0, 0.1) is 0 Å². The van der Waals surface area contributed by atoms with Crippen molar-refractivity contribution in [3.63, 3.8) is 0 Å². The maximum absolute atomic E-state index is 11.6. The number of carbonyl (C=O) groups excluding carboxylic acids is 1. The zero-order valence-electron chi connectivity index (χ0n) is 7.29. The Morgan fingerprint density at radius 3 is 2.85 bits per heavy atom. The predicted molar refractivity (Wildman–Crippen MR) is 49.3 cm³/mol. The number of benzene rings is 1. The average molecular weight is 173 g/mol. The lowest BCUT2D eigenvalue weighted by atomic mass is 10.0. The molecule has 2 aliphatic rings. The Kier molecular flexibility index (Phi) is 1.35. The first-order valence-corrected chi connectivity index (χ1v) is 4.74. The molecule has 2 unspecified atom stereocenters. The molecule has 66 valence electrons. The van der Waals surface area contributed by atoms with Crippen LogP contribution in [0.3, 0.4) is 0 Å². The highest BCUT2D eigenvalue weighted by Crippen LogP contribution is 2.40. The SMILES string of the molecule is O=C1CCC2NC1c1ccccc12. The van der Waals surface area contributed by atoms with E-state index in [0.717, 1.165) is 12.8 Å². The Labute approximate surface area is 77.0 Å². The number of carbonyl (C=O) groups is 1. The molecule has 0 saturated carbocycles. The van der Waals surface area contributed by atoms with E-state index in [1.165, 1.54) is 11.1 Å². The van der Waals surface area contributed by atoms with Crippen LogP contribution >= 0.6 is 0 Å². The number of Topliss-reactive ketones (excluding diaryl/α,β-unsaturated/α-hetero) is 1. The van der Waals surface area contributed by atoms with E-state index in [2.05, 4.69) is 17.4 Å². The van der Waals surface area contributed by atoms with E-state index in [1.807, 2.05) is 12.1 Å². The van der Waals surface area contributed by atoms with Gasteiger partial charge in [0.2, 0.25) is 0 Å². The fourth-order valence-electron chi connectivity index (χ4n) is 2.41. The van der Waals surface area contributed by atoms with Gasteiger partial charge in [-0.25, -0.2) is 0 Å². The molecule has 1 aromatic rings. The zero-order chi connectivity index (χ0) is 8.84. The minimum atomic E-state index is -0.00468. The summed E-state index contributed by atoms with van der Waals surface area (Å²) in [6.45, 7) is 0. The van der Waals surface area contributed by atoms with Crippen LogP contribution < -0.4 is 5.32 Å². The third-order valence-electron chi connectivity index (χ3n) is 3.05. The fourth-order valence-corrected chi connectivity index (χ4v) is 2.41. The number of hydrogen-bond acceptors (Lipinski definition) is 2. The second-order valence-corrected chi connectivity index (χ2v) is 3.79. The average Bonchev–Trinajstić information content (AvgIpc) is 2.48. The summed E-state index contributed by atoms with van der Waals surface area (Å²) in [6.07, 6.45) is 1.70. The largest absolute Gasteiger partial charge is 0.298 e. The first-order valence-electron chi connectivity index (χ1n) is 4.74. The smallest absolute Gasteiger partial charge is 0.154 e. The molecule has 13 heavy (non-hydrogen) atoms. The van der Waals surface area contributed by atoms with Crippen LogP contribution in [0.5, 0.6) is 0 Å². The van der Waals surface area contributed by atoms with Crippen LogP contribution in [0.1, 0.15) is 36.1 Å². The highest BCUT2D eigenvalue weighted by atomic mass is 16.1. The van der Waals surface area contributed by atoms with E-state index >= 15 is 0 Å². The van der Waals surface area contributed by atoms with Crippen molar-refractivity contribution in [2.75, 3.05) is 0 Å². The molecule has 2 bridgehead atoms. The number of ketones is 1. The van der Waals surface area contributed by atoms with Crippen LogP contribution in [0.2, 0.25) is 0 Å². The number of nitrogens with one attached hydrogen (secondary N) is 1. The molecule has 1 aromatic carbocycles. The van der Waals surface area contributed by atoms with Crippen molar-refractivity contribution in [2.45, 2.75) is 24.9 Å². The molecule has 2 heterocycles. The van der Waals surface area contributed by atoms with E-state index in [9.17, 15) is 4.79 Å². The van der Waals surface area contributed by atoms with Gasteiger partial charge in [-0.2, -0.15) is 0 Å². The molecule has 1 fully saturated rings. The Morgan fingerprint density at radius 1 is 1.23 bits per heavy atom. The molecule has 0 spiro atoms. The van der Waals surface area contributed by atoms with Gasteiger partial charge in [-0.3, -0.25) is 10.1 Å². The predicted octanol–water partition coefficient (Wildman–Crippen LogP) is 1.73. The molecule has 1 N–H and O–H groups in total. The highest BCUT2D eigenvalue weighted by Gasteiger charge is 2.37. The quantitative estimate of drug-likeness (QED) is 0.647. The van der Waals surface area contributed by atoms with E-state index in [-0.39, 0.29) is 6.04 Å². The van der Waals surface area contributed by atoms with Crippen LogP contribution in [0.25, 0.3) is 0 Å². The van der Waals surface area contributed by atoms with E-state index in [4.69, 9.17) is 0 Å². The molecule has 2 aliphatic heterocycles. The lowest BCUT2D eigenvalue weighted by Gasteiger charge is -2.19.